The lowest BCUT2D eigenvalue weighted by atomic mass is 9.96. The van der Waals surface area contributed by atoms with Crippen molar-refractivity contribution in [1.29, 1.82) is 0 Å². The zero-order valence-electron chi connectivity index (χ0n) is 10.4. The molecule has 1 aromatic rings. The van der Waals surface area contributed by atoms with Gasteiger partial charge in [-0.15, -0.1) is 0 Å². The first kappa shape index (κ1) is 13.2. The molecule has 2 N–H and O–H groups in total. The summed E-state index contributed by atoms with van der Waals surface area (Å²) in [5, 5.41) is 6.25. The van der Waals surface area contributed by atoms with Crippen molar-refractivity contribution in [3.05, 3.63) is 29.3 Å². The van der Waals surface area contributed by atoms with E-state index < -0.39 is 11.7 Å². The van der Waals surface area contributed by atoms with Crippen LogP contribution in [0.5, 0.6) is 0 Å². The van der Waals surface area contributed by atoms with Crippen LogP contribution in [0.1, 0.15) is 25.0 Å². The number of anilines is 1. The SMILES string of the molecule is CC(C)NC1CNc2c(cccc2C(F)(F)F)C1. The lowest BCUT2D eigenvalue weighted by molar-refractivity contribution is -0.137. The zero-order valence-corrected chi connectivity index (χ0v) is 10.4. The van der Waals surface area contributed by atoms with Crippen LogP contribution in [0, 0.1) is 0 Å². The highest BCUT2D eigenvalue weighted by Crippen LogP contribution is 2.38. The van der Waals surface area contributed by atoms with Crippen LogP contribution in [0.15, 0.2) is 18.2 Å². The molecule has 0 amide bonds. The highest BCUT2D eigenvalue weighted by molar-refractivity contribution is 5.60. The summed E-state index contributed by atoms with van der Waals surface area (Å²) in [5.41, 5.74) is 0.407. The molecule has 100 valence electrons. The van der Waals surface area contributed by atoms with Crippen LogP contribution in [0.4, 0.5) is 18.9 Å². The molecule has 0 aromatic heterocycles. The third kappa shape index (κ3) is 2.77. The number of alkyl halides is 3. The summed E-state index contributed by atoms with van der Waals surface area (Å²) < 4.78 is 38.5. The maximum Gasteiger partial charge on any atom is 0.418 e. The van der Waals surface area contributed by atoms with Crippen molar-refractivity contribution in [3.63, 3.8) is 0 Å². The summed E-state index contributed by atoms with van der Waals surface area (Å²) >= 11 is 0. The van der Waals surface area contributed by atoms with Gasteiger partial charge in [0.1, 0.15) is 0 Å². The van der Waals surface area contributed by atoms with Crippen molar-refractivity contribution in [2.75, 3.05) is 11.9 Å². The Kier molecular flexibility index (Phi) is 3.52. The zero-order chi connectivity index (χ0) is 13.3. The van der Waals surface area contributed by atoms with E-state index in [1.54, 1.807) is 6.07 Å². The van der Waals surface area contributed by atoms with Gasteiger partial charge in [-0.2, -0.15) is 13.2 Å². The van der Waals surface area contributed by atoms with Crippen LogP contribution < -0.4 is 10.6 Å². The Bertz CT molecular complexity index is 427. The van der Waals surface area contributed by atoms with Gasteiger partial charge in [0.05, 0.1) is 5.56 Å². The Hall–Kier alpha value is -1.23. The number of hydrogen-bond acceptors (Lipinski definition) is 2. The maximum absolute atomic E-state index is 12.8. The molecule has 2 nitrogen and oxygen atoms in total. The first-order chi connectivity index (χ1) is 8.38. The molecule has 0 fully saturated rings. The normalized spacial score (nSPS) is 19.6. The fourth-order valence-corrected chi connectivity index (χ4v) is 2.37. The number of fused-ring (bicyclic) bond motifs is 1. The number of nitrogens with one attached hydrogen (secondary N) is 2. The van der Waals surface area contributed by atoms with Gasteiger partial charge in [0, 0.05) is 24.3 Å². The van der Waals surface area contributed by atoms with Gasteiger partial charge in [-0.3, -0.25) is 0 Å². The topological polar surface area (TPSA) is 24.1 Å². The highest BCUT2D eigenvalue weighted by Gasteiger charge is 2.35. The van der Waals surface area contributed by atoms with E-state index in [2.05, 4.69) is 10.6 Å². The summed E-state index contributed by atoms with van der Waals surface area (Å²) in [6.45, 7) is 4.58. The van der Waals surface area contributed by atoms with Crippen LogP contribution in [0.25, 0.3) is 0 Å². The van der Waals surface area contributed by atoms with Gasteiger partial charge >= 0.3 is 6.18 Å². The molecule has 0 bridgehead atoms. The van der Waals surface area contributed by atoms with Crippen LogP contribution in [0.3, 0.4) is 0 Å². The van der Waals surface area contributed by atoms with Gasteiger partial charge in [0.15, 0.2) is 0 Å². The van der Waals surface area contributed by atoms with E-state index in [0.717, 1.165) is 11.6 Å². The third-order valence-electron chi connectivity index (χ3n) is 3.02. The summed E-state index contributed by atoms with van der Waals surface area (Å²) in [5.74, 6) is 0. The lowest BCUT2D eigenvalue weighted by Crippen LogP contribution is -2.44. The molecular weight excluding hydrogens is 241 g/mol. The van der Waals surface area contributed by atoms with Crippen LogP contribution >= 0.6 is 0 Å². The molecule has 1 unspecified atom stereocenters. The summed E-state index contributed by atoms with van der Waals surface area (Å²) in [6, 6.07) is 4.86. The van der Waals surface area contributed by atoms with E-state index >= 15 is 0 Å². The molecule has 0 radical (unpaired) electrons. The molecule has 1 atom stereocenters. The van der Waals surface area contributed by atoms with Gasteiger partial charge in [-0.05, 0) is 18.1 Å². The van der Waals surface area contributed by atoms with Crippen molar-refractivity contribution in [3.8, 4) is 0 Å². The monoisotopic (exact) mass is 258 g/mol. The Morgan fingerprint density at radius 1 is 1.33 bits per heavy atom. The molecule has 0 saturated heterocycles. The minimum Gasteiger partial charge on any atom is -0.383 e. The summed E-state index contributed by atoms with van der Waals surface area (Å²) in [7, 11) is 0. The van der Waals surface area contributed by atoms with Crippen molar-refractivity contribution < 1.29 is 13.2 Å². The van der Waals surface area contributed by atoms with Gasteiger partial charge in [0.25, 0.3) is 0 Å². The van der Waals surface area contributed by atoms with E-state index in [1.165, 1.54) is 6.07 Å². The van der Waals surface area contributed by atoms with Gasteiger partial charge in [0.2, 0.25) is 0 Å². The molecule has 0 aliphatic carbocycles. The molecule has 2 rings (SSSR count). The average Bonchev–Trinajstić information content (AvgIpc) is 2.25. The van der Waals surface area contributed by atoms with Crippen LogP contribution in [0.2, 0.25) is 0 Å². The number of rotatable bonds is 2. The minimum atomic E-state index is -4.29. The molecule has 1 aliphatic heterocycles. The Balaban J connectivity index is 2.25. The molecular formula is C13H17F3N2. The molecule has 0 spiro atoms. The van der Waals surface area contributed by atoms with Crippen molar-refractivity contribution in [2.45, 2.75) is 38.5 Å². The van der Waals surface area contributed by atoms with E-state index in [-0.39, 0.29) is 11.7 Å². The quantitative estimate of drug-likeness (QED) is 0.852. The van der Waals surface area contributed by atoms with E-state index in [9.17, 15) is 13.2 Å². The van der Waals surface area contributed by atoms with E-state index in [0.29, 0.717) is 19.0 Å². The predicted octanol–water partition coefficient (Wildman–Crippen LogP) is 3.04. The lowest BCUT2D eigenvalue weighted by Gasteiger charge is -2.30. The predicted molar refractivity (Wildman–Crippen MR) is 65.7 cm³/mol. The second-order valence-electron chi connectivity index (χ2n) is 4.94. The maximum atomic E-state index is 12.8. The van der Waals surface area contributed by atoms with E-state index in [1.807, 2.05) is 13.8 Å². The first-order valence-electron chi connectivity index (χ1n) is 6.07. The van der Waals surface area contributed by atoms with Gasteiger partial charge in [-0.1, -0.05) is 26.0 Å². The first-order valence-corrected chi connectivity index (χ1v) is 6.07. The van der Waals surface area contributed by atoms with Crippen LogP contribution in [-0.2, 0) is 12.6 Å². The minimum absolute atomic E-state index is 0.181. The average molecular weight is 258 g/mol. The molecule has 1 aliphatic rings. The number of para-hydroxylation sites is 1. The Morgan fingerprint density at radius 3 is 2.67 bits per heavy atom. The number of benzene rings is 1. The summed E-state index contributed by atoms with van der Waals surface area (Å²) in [6.07, 6.45) is -3.67. The van der Waals surface area contributed by atoms with Crippen molar-refractivity contribution >= 4 is 5.69 Å². The fraction of sp³-hybridized carbons (Fsp3) is 0.538. The largest absolute Gasteiger partial charge is 0.418 e. The highest BCUT2D eigenvalue weighted by atomic mass is 19.4. The van der Waals surface area contributed by atoms with Gasteiger partial charge in [-0.25, -0.2) is 0 Å². The number of hydrogen-bond donors (Lipinski definition) is 2. The Morgan fingerprint density at radius 2 is 2.06 bits per heavy atom. The molecule has 1 heterocycles. The number of halogens is 3. The van der Waals surface area contributed by atoms with Crippen LogP contribution in [-0.4, -0.2) is 18.6 Å². The third-order valence-corrected chi connectivity index (χ3v) is 3.02. The Labute approximate surface area is 105 Å². The van der Waals surface area contributed by atoms with Crippen molar-refractivity contribution in [2.24, 2.45) is 0 Å². The second-order valence-corrected chi connectivity index (χ2v) is 4.94. The standard InChI is InChI=1S/C13H17F3N2/c1-8(2)18-10-6-9-4-3-5-11(13(14,15)16)12(9)17-7-10/h3-5,8,10,17-18H,6-7H2,1-2H3. The van der Waals surface area contributed by atoms with E-state index in [4.69, 9.17) is 0 Å². The molecule has 1 aromatic carbocycles. The summed E-state index contributed by atoms with van der Waals surface area (Å²) in [4.78, 5) is 0. The molecule has 5 heteroatoms. The van der Waals surface area contributed by atoms with Gasteiger partial charge < -0.3 is 10.6 Å². The second kappa shape index (κ2) is 4.80. The smallest absolute Gasteiger partial charge is 0.383 e. The fourth-order valence-electron chi connectivity index (χ4n) is 2.37. The molecule has 18 heavy (non-hydrogen) atoms. The van der Waals surface area contributed by atoms with Crippen molar-refractivity contribution in [1.82, 2.24) is 5.32 Å². The molecule has 0 saturated carbocycles.